The van der Waals surface area contributed by atoms with Gasteiger partial charge >= 0.3 is 0 Å². The zero-order valence-corrected chi connectivity index (χ0v) is 15.4. The number of hydrogen-bond acceptors (Lipinski definition) is 3. The van der Waals surface area contributed by atoms with E-state index in [1.807, 2.05) is 12.1 Å². The topological polar surface area (TPSA) is 64.0 Å². The van der Waals surface area contributed by atoms with Gasteiger partial charge in [-0.05, 0) is 16.5 Å². The summed E-state index contributed by atoms with van der Waals surface area (Å²) in [6.07, 6.45) is 0. The van der Waals surface area contributed by atoms with Crippen molar-refractivity contribution in [1.29, 1.82) is 0 Å². The van der Waals surface area contributed by atoms with Gasteiger partial charge in [0, 0.05) is 20.5 Å². The first kappa shape index (κ1) is 18.2. The van der Waals surface area contributed by atoms with Crippen molar-refractivity contribution in [2.24, 2.45) is 7.05 Å². The molecule has 1 aromatic heterocycles. The summed E-state index contributed by atoms with van der Waals surface area (Å²) in [6.45, 7) is 8.20. The number of hydrogen-bond donors (Lipinski definition) is 1. The van der Waals surface area contributed by atoms with E-state index < -0.39 is 0 Å². The highest BCUT2D eigenvalue weighted by Gasteiger charge is 2.22. The summed E-state index contributed by atoms with van der Waals surface area (Å²) in [6, 6.07) is 8.11. The molecule has 6 heteroatoms. The fraction of sp³-hybridized carbons (Fsp3) is 0.389. The predicted molar refractivity (Wildman–Crippen MR) is 94.5 cm³/mol. The summed E-state index contributed by atoms with van der Waals surface area (Å²) in [7, 11) is 1.59. The standard InChI is InChI=1S/C18H22ClN3O2/c1-11(23)15-14(19)16(22(5)21-15)17(24)20-10-12-6-8-13(9-7-12)18(2,3)4/h6-9H,10H2,1-5H3,(H,20,24). The highest BCUT2D eigenvalue weighted by Crippen LogP contribution is 2.23. The van der Waals surface area contributed by atoms with E-state index >= 15 is 0 Å². The monoisotopic (exact) mass is 347 g/mol. The molecular formula is C18H22ClN3O2. The largest absolute Gasteiger partial charge is 0.347 e. The maximum absolute atomic E-state index is 12.4. The summed E-state index contributed by atoms with van der Waals surface area (Å²) < 4.78 is 1.33. The molecule has 0 aliphatic carbocycles. The van der Waals surface area contributed by atoms with Crippen molar-refractivity contribution >= 4 is 23.3 Å². The third kappa shape index (κ3) is 3.85. The quantitative estimate of drug-likeness (QED) is 0.861. The van der Waals surface area contributed by atoms with Crippen LogP contribution in [0.4, 0.5) is 0 Å². The predicted octanol–water partition coefficient (Wildman–Crippen LogP) is 3.50. The molecule has 0 unspecified atom stereocenters. The number of nitrogens with zero attached hydrogens (tertiary/aromatic N) is 2. The van der Waals surface area contributed by atoms with Crippen molar-refractivity contribution in [2.75, 3.05) is 0 Å². The minimum Gasteiger partial charge on any atom is -0.347 e. The van der Waals surface area contributed by atoms with E-state index in [0.717, 1.165) is 5.56 Å². The van der Waals surface area contributed by atoms with Gasteiger partial charge < -0.3 is 5.32 Å². The number of carbonyl (C=O) groups excluding carboxylic acids is 2. The Morgan fingerprint density at radius 1 is 1.21 bits per heavy atom. The van der Waals surface area contributed by atoms with Gasteiger partial charge in [-0.2, -0.15) is 5.10 Å². The molecule has 1 N–H and O–H groups in total. The minimum atomic E-state index is -0.359. The Bertz CT molecular complexity index is 771. The number of ketones is 1. The smallest absolute Gasteiger partial charge is 0.271 e. The van der Waals surface area contributed by atoms with E-state index in [1.54, 1.807) is 7.05 Å². The van der Waals surface area contributed by atoms with Gasteiger partial charge in [0.25, 0.3) is 5.91 Å². The van der Waals surface area contributed by atoms with Crippen molar-refractivity contribution in [3.63, 3.8) is 0 Å². The second-order valence-corrected chi connectivity index (χ2v) is 7.20. The number of aromatic nitrogens is 2. The van der Waals surface area contributed by atoms with Gasteiger partial charge in [-0.15, -0.1) is 0 Å². The summed E-state index contributed by atoms with van der Waals surface area (Å²) in [5.74, 6) is -0.630. The van der Waals surface area contributed by atoms with Crippen LogP contribution in [0.25, 0.3) is 0 Å². The molecule has 1 heterocycles. The van der Waals surface area contributed by atoms with Gasteiger partial charge in [0.15, 0.2) is 5.78 Å². The second-order valence-electron chi connectivity index (χ2n) is 6.82. The van der Waals surface area contributed by atoms with E-state index in [9.17, 15) is 9.59 Å². The van der Waals surface area contributed by atoms with E-state index in [-0.39, 0.29) is 33.5 Å². The Morgan fingerprint density at radius 2 is 1.79 bits per heavy atom. The molecule has 0 bridgehead atoms. The Hall–Kier alpha value is -2.14. The molecular weight excluding hydrogens is 326 g/mol. The molecule has 1 aromatic carbocycles. The molecule has 5 nitrogen and oxygen atoms in total. The number of benzene rings is 1. The van der Waals surface area contributed by atoms with Crippen LogP contribution in [0, 0.1) is 0 Å². The lowest BCUT2D eigenvalue weighted by Gasteiger charge is -2.19. The highest BCUT2D eigenvalue weighted by atomic mass is 35.5. The summed E-state index contributed by atoms with van der Waals surface area (Å²) in [5, 5.41) is 6.90. The van der Waals surface area contributed by atoms with Gasteiger partial charge in [-0.3, -0.25) is 14.3 Å². The van der Waals surface area contributed by atoms with Gasteiger partial charge in [0.2, 0.25) is 0 Å². The van der Waals surface area contributed by atoms with E-state index in [4.69, 9.17) is 11.6 Å². The zero-order chi connectivity index (χ0) is 18.1. The number of aryl methyl sites for hydroxylation is 1. The molecule has 2 rings (SSSR count). The SMILES string of the molecule is CC(=O)c1nn(C)c(C(=O)NCc2ccc(C(C)(C)C)cc2)c1Cl. The molecule has 0 aliphatic rings. The van der Waals surface area contributed by atoms with Crippen LogP contribution in [-0.4, -0.2) is 21.5 Å². The Balaban J connectivity index is 2.10. The van der Waals surface area contributed by atoms with Crippen molar-refractivity contribution in [3.05, 3.63) is 51.8 Å². The summed E-state index contributed by atoms with van der Waals surface area (Å²) in [5.41, 5.74) is 2.61. The van der Waals surface area contributed by atoms with Crippen molar-refractivity contribution < 1.29 is 9.59 Å². The molecule has 0 fully saturated rings. The molecule has 2 aromatic rings. The van der Waals surface area contributed by atoms with Gasteiger partial charge in [-0.25, -0.2) is 0 Å². The maximum Gasteiger partial charge on any atom is 0.271 e. The van der Waals surface area contributed by atoms with Crippen LogP contribution in [0.3, 0.4) is 0 Å². The second kappa shape index (κ2) is 6.77. The fourth-order valence-corrected chi connectivity index (χ4v) is 2.74. The highest BCUT2D eigenvalue weighted by molar-refractivity contribution is 6.36. The number of rotatable bonds is 4. The first-order valence-electron chi connectivity index (χ1n) is 7.72. The summed E-state index contributed by atoms with van der Waals surface area (Å²) >= 11 is 6.11. The average Bonchev–Trinajstić information content (AvgIpc) is 2.79. The molecule has 0 atom stereocenters. The van der Waals surface area contributed by atoms with Crippen LogP contribution in [0.15, 0.2) is 24.3 Å². The number of carbonyl (C=O) groups is 2. The average molecular weight is 348 g/mol. The van der Waals surface area contributed by atoms with Crippen LogP contribution < -0.4 is 5.32 Å². The van der Waals surface area contributed by atoms with Crippen molar-refractivity contribution in [3.8, 4) is 0 Å². The van der Waals surface area contributed by atoms with Crippen molar-refractivity contribution in [2.45, 2.75) is 39.7 Å². The van der Waals surface area contributed by atoms with Crippen LogP contribution in [0.5, 0.6) is 0 Å². The van der Waals surface area contributed by atoms with E-state index in [1.165, 1.54) is 17.2 Å². The van der Waals surface area contributed by atoms with Gasteiger partial charge in [0.1, 0.15) is 16.4 Å². The number of nitrogens with one attached hydrogen (secondary N) is 1. The molecule has 1 amide bonds. The van der Waals surface area contributed by atoms with Crippen molar-refractivity contribution in [1.82, 2.24) is 15.1 Å². The molecule has 0 spiro atoms. The zero-order valence-electron chi connectivity index (χ0n) is 14.6. The van der Waals surface area contributed by atoms with Crippen LogP contribution in [0.1, 0.15) is 59.8 Å². The lowest BCUT2D eigenvalue weighted by atomic mass is 9.87. The Labute approximate surface area is 147 Å². The minimum absolute atomic E-state index is 0.0885. The lowest BCUT2D eigenvalue weighted by molar-refractivity contribution is 0.0940. The third-order valence-corrected chi connectivity index (χ3v) is 4.17. The van der Waals surface area contributed by atoms with Gasteiger partial charge in [-0.1, -0.05) is 56.6 Å². The first-order chi connectivity index (χ1) is 11.1. The fourth-order valence-electron chi connectivity index (χ4n) is 2.36. The van der Waals surface area contributed by atoms with E-state index in [2.05, 4.69) is 43.3 Å². The van der Waals surface area contributed by atoms with E-state index in [0.29, 0.717) is 6.54 Å². The normalized spacial score (nSPS) is 11.4. The molecule has 0 saturated heterocycles. The van der Waals surface area contributed by atoms with Crippen LogP contribution in [-0.2, 0) is 19.0 Å². The Morgan fingerprint density at radius 3 is 2.25 bits per heavy atom. The van der Waals surface area contributed by atoms with Crippen LogP contribution in [0.2, 0.25) is 5.02 Å². The molecule has 0 aliphatic heterocycles. The van der Waals surface area contributed by atoms with Gasteiger partial charge in [0.05, 0.1) is 0 Å². The first-order valence-corrected chi connectivity index (χ1v) is 8.10. The molecule has 0 radical (unpaired) electrons. The lowest BCUT2D eigenvalue weighted by Crippen LogP contribution is -2.25. The van der Waals surface area contributed by atoms with Crippen LogP contribution >= 0.6 is 11.6 Å². The summed E-state index contributed by atoms with van der Waals surface area (Å²) in [4.78, 5) is 23.8. The molecule has 128 valence electrons. The number of Topliss-reactive ketones (excluding diaryl/α,β-unsaturated/α-hetero) is 1. The molecule has 24 heavy (non-hydrogen) atoms. The Kier molecular flexibility index (Phi) is 5.13. The number of halogens is 1. The maximum atomic E-state index is 12.4. The third-order valence-electron chi connectivity index (χ3n) is 3.81. The number of amides is 1. The molecule has 0 saturated carbocycles.